The summed E-state index contributed by atoms with van der Waals surface area (Å²) in [6, 6.07) is 38.2. The molecule has 0 fully saturated rings. The van der Waals surface area contributed by atoms with Gasteiger partial charge in [0.25, 0.3) is 0 Å². The highest BCUT2D eigenvalue weighted by Gasteiger charge is 2.57. The van der Waals surface area contributed by atoms with Gasteiger partial charge in [-0.3, -0.25) is 0 Å². The van der Waals surface area contributed by atoms with E-state index < -0.39 is 38.8 Å². The minimum Gasteiger partial charge on any atom is -0.487 e. The molecule has 0 amide bonds. The van der Waals surface area contributed by atoms with Crippen LogP contribution in [-0.4, -0.2) is 176 Å². The smallest absolute Gasteiger partial charge is 0.180 e. The van der Waals surface area contributed by atoms with E-state index in [1.54, 1.807) is 12.1 Å². The normalized spacial score (nSPS) is 21.9. The van der Waals surface area contributed by atoms with Crippen LogP contribution >= 0.6 is 139 Å². The van der Waals surface area contributed by atoms with Gasteiger partial charge in [0, 0.05) is 35.5 Å². The molecular weight excluding hydrogens is 1620 g/mol. The van der Waals surface area contributed by atoms with E-state index in [0.29, 0.717) is 152 Å². The van der Waals surface area contributed by atoms with Gasteiger partial charge in [-0.1, -0.05) is 188 Å². The van der Waals surface area contributed by atoms with Crippen LogP contribution in [0.1, 0.15) is 108 Å². The van der Waals surface area contributed by atoms with Crippen molar-refractivity contribution in [2.24, 2.45) is 0 Å². The molecule has 0 spiro atoms. The molecule has 6 aliphatic carbocycles. The number of alkyl halides is 12. The van der Waals surface area contributed by atoms with E-state index in [1.165, 1.54) is 36.1 Å². The van der Waals surface area contributed by atoms with Gasteiger partial charge in [0.05, 0.1) is 118 Å². The van der Waals surface area contributed by atoms with Crippen molar-refractivity contribution in [3.05, 3.63) is 164 Å². The van der Waals surface area contributed by atoms with Crippen LogP contribution in [0.2, 0.25) is 0 Å². The first kappa shape index (κ1) is 89.1. The van der Waals surface area contributed by atoms with Crippen LogP contribution in [0.3, 0.4) is 0 Å². The lowest BCUT2D eigenvalue weighted by molar-refractivity contribution is 0.0222. The Morgan fingerprint density at radius 2 is 0.340 bits per heavy atom. The van der Waals surface area contributed by atoms with Crippen LogP contribution in [-0.2, 0) is 59.6 Å². The largest absolute Gasteiger partial charge is 0.487 e. The average molecular weight is 1710 g/mol. The maximum absolute atomic E-state index is 7.32. The van der Waals surface area contributed by atoms with Crippen molar-refractivity contribution in [3.63, 3.8) is 0 Å². The van der Waals surface area contributed by atoms with Gasteiger partial charge in [0.1, 0.15) is 52.9 Å². The standard InChI is InChI=1S/C68H76O16.2C2H3N.4CHCl3/c1-65-45-9-5-6-10-46(45)66(2)51-39-59-57(37-49(51)65)77-29-21-69-13-15-73-25-33-81-61-41-53-55(43-63(61)83-35-27-75-19-17-71-23-31-79-59)68(4)48-12-8-7-11-47(48)67(53,3)54-42-62-64(44-56(54)68)84-36-28-76-20-18-72-24-32-80-60-40-52(66)50(65)38-58(60)78-30-22-70-14-16-74-26-34-82-62;2*1-2-3;4*2-1(3)4/h5-12,37-44H,13-36H2,1-4H3;2*1H3;4*1H. The first-order valence-electron chi connectivity index (χ1n) is 33.9. The fourth-order valence-corrected chi connectivity index (χ4v) is 13.9. The first-order chi connectivity index (χ1) is 51.0. The van der Waals surface area contributed by atoms with Crippen molar-refractivity contribution < 1.29 is 75.8 Å². The molecule has 0 atom stereocenters. The van der Waals surface area contributed by atoms with E-state index in [0.717, 1.165) is 44.5 Å². The zero-order chi connectivity index (χ0) is 76.9. The summed E-state index contributed by atoms with van der Waals surface area (Å²) in [4.78, 5) is 0. The third-order valence-electron chi connectivity index (χ3n) is 18.0. The summed E-state index contributed by atoms with van der Waals surface area (Å²) in [6.45, 7) is 20.0. The predicted octanol–water partition coefficient (Wildman–Crippen LogP) is 18.3. The SMILES string of the molecule is CC#N.CC#N.CC12c3ccccc3C3(C)c4cc5c(cc41)OCCOCCOCCOc1cc4c(cc1OCCOCCOCCO5)C1(C)c5ccccc5C4(C)c4cc5c(cc41)OCCOCCOCCOc1cc3c2cc1OCCOCCOCCO5.ClC(Cl)Cl.ClC(Cl)Cl.ClC(Cl)Cl.ClC(Cl)Cl. The molecule has 4 bridgehead atoms. The van der Waals surface area contributed by atoms with Crippen molar-refractivity contribution in [3.8, 4) is 58.1 Å². The fourth-order valence-electron chi connectivity index (χ4n) is 13.9. The summed E-state index contributed by atoms with van der Waals surface area (Å²) in [5.74, 6) is 4.96. The van der Waals surface area contributed by atoms with E-state index in [4.69, 9.17) is 226 Å². The zero-order valence-electron chi connectivity index (χ0n) is 59.5. The second kappa shape index (κ2) is 44.8. The maximum atomic E-state index is 7.32. The Morgan fingerprint density at radius 1 is 0.236 bits per heavy atom. The van der Waals surface area contributed by atoms with E-state index >= 15 is 0 Å². The molecule has 0 saturated carbocycles. The molecule has 0 saturated heterocycles. The third kappa shape index (κ3) is 23.0. The number of hydrogen-bond acceptors (Lipinski definition) is 18. The molecule has 106 heavy (non-hydrogen) atoms. The van der Waals surface area contributed by atoms with Crippen LogP contribution in [0.25, 0.3) is 0 Å². The number of benzene rings is 6. The maximum Gasteiger partial charge on any atom is 0.180 e. The molecule has 0 radical (unpaired) electrons. The van der Waals surface area contributed by atoms with E-state index in [1.807, 2.05) is 0 Å². The Morgan fingerprint density at radius 3 is 0.453 bits per heavy atom. The number of hydrogen-bond donors (Lipinski definition) is 0. The van der Waals surface area contributed by atoms with Gasteiger partial charge in [-0.05, 0) is 143 Å². The molecule has 0 unspecified atom stereocenters. The number of nitriles is 2. The summed E-state index contributed by atoms with van der Waals surface area (Å²) in [7, 11) is 0. The van der Waals surface area contributed by atoms with Crippen molar-refractivity contribution in [2.45, 2.75) is 80.4 Å². The lowest BCUT2D eigenvalue weighted by Gasteiger charge is -2.54. The molecule has 6 aromatic rings. The van der Waals surface area contributed by atoms with Gasteiger partial charge >= 0.3 is 0 Å². The van der Waals surface area contributed by atoms with Crippen molar-refractivity contribution in [1.82, 2.24) is 0 Å². The molecule has 14 rings (SSSR count). The molecule has 6 aromatic carbocycles. The van der Waals surface area contributed by atoms with Gasteiger partial charge < -0.3 is 75.8 Å². The molecule has 580 valence electrons. The molecule has 30 heteroatoms. The van der Waals surface area contributed by atoms with E-state index in [9.17, 15) is 0 Å². The van der Waals surface area contributed by atoms with Crippen molar-refractivity contribution in [1.29, 1.82) is 10.5 Å². The average Bonchev–Trinajstić information content (AvgIpc) is 0.670. The Labute approximate surface area is 681 Å². The van der Waals surface area contributed by atoms with Crippen LogP contribution in [0.4, 0.5) is 0 Å². The van der Waals surface area contributed by atoms with Gasteiger partial charge in [-0.15, -0.1) is 0 Å². The molecule has 8 aliphatic rings. The molecule has 2 aliphatic heterocycles. The van der Waals surface area contributed by atoms with E-state index in [-0.39, 0.29) is 52.9 Å². The predicted molar refractivity (Wildman–Crippen MR) is 419 cm³/mol. The van der Waals surface area contributed by atoms with Crippen LogP contribution < -0.4 is 37.9 Å². The van der Waals surface area contributed by atoms with Gasteiger partial charge in [-0.2, -0.15) is 10.5 Å². The first-order valence-corrected chi connectivity index (χ1v) is 39.1. The number of rotatable bonds is 0. The Hall–Kier alpha value is -4.14. The Balaban J connectivity index is 0.000000633. The summed E-state index contributed by atoms with van der Waals surface area (Å²) in [6.07, 6.45) is 0. The number of halogens is 12. The summed E-state index contributed by atoms with van der Waals surface area (Å²) >= 11 is 57.7. The topological polar surface area (TPSA) is 195 Å². The van der Waals surface area contributed by atoms with Crippen LogP contribution in [0, 0.1) is 22.7 Å². The summed E-state index contributed by atoms with van der Waals surface area (Å²) in [5.41, 5.74) is 11.3. The summed E-state index contributed by atoms with van der Waals surface area (Å²) < 4.78 is 99.3. The third-order valence-corrected chi connectivity index (χ3v) is 18.0. The second-order valence-corrected chi connectivity index (χ2v) is 32.0. The Bertz CT molecular complexity index is 3190. The minimum atomic E-state index is -0.750. The van der Waals surface area contributed by atoms with E-state index in [2.05, 4.69) is 125 Å². The molecule has 0 N–H and O–H groups in total. The number of ether oxygens (including phenoxy) is 16. The zero-order valence-corrected chi connectivity index (χ0v) is 68.6. The molecule has 2 heterocycles. The molecular formula is C76H86Cl12N2O16. The van der Waals surface area contributed by atoms with Crippen LogP contribution in [0.15, 0.2) is 97.1 Å². The van der Waals surface area contributed by atoms with Gasteiger partial charge in [0.15, 0.2) is 63.2 Å². The van der Waals surface area contributed by atoms with Crippen molar-refractivity contribution >= 4 is 139 Å². The fraction of sp³-hybridized carbons (Fsp3) is 0.500. The quantitative estimate of drug-likeness (QED) is 0.130. The monoisotopic (exact) mass is 1700 g/mol. The lowest BCUT2D eigenvalue weighted by atomic mass is 9.48. The summed E-state index contributed by atoms with van der Waals surface area (Å²) in [5, 5.41) is 14.6. The van der Waals surface area contributed by atoms with Crippen molar-refractivity contribution in [2.75, 3.05) is 159 Å². The van der Waals surface area contributed by atoms with Gasteiger partial charge in [0.2, 0.25) is 0 Å². The van der Waals surface area contributed by atoms with Gasteiger partial charge in [-0.25, -0.2) is 0 Å². The minimum absolute atomic E-state index is 0.286. The number of nitrogens with zero attached hydrogens (tertiary/aromatic N) is 2. The number of fused-ring (bicyclic) bond motifs is 4. The second-order valence-electron chi connectivity index (χ2n) is 24.1. The lowest BCUT2D eigenvalue weighted by Crippen LogP contribution is -2.48. The molecule has 18 nitrogen and oxygen atoms in total. The van der Waals surface area contributed by atoms with Crippen LogP contribution in [0.5, 0.6) is 46.0 Å². The highest BCUT2D eigenvalue weighted by atomic mass is 35.6. The highest BCUT2D eigenvalue weighted by Crippen LogP contribution is 2.66. The Kier molecular flexibility index (Phi) is 37.6. The highest BCUT2D eigenvalue weighted by molar-refractivity contribution is 6.64. The molecule has 0 aromatic heterocycles.